The first-order chi connectivity index (χ1) is 11.0. The summed E-state index contributed by atoms with van der Waals surface area (Å²) in [6.45, 7) is 3.16. The molecule has 2 atom stereocenters. The number of aromatic nitrogens is 4. The minimum Gasteiger partial charge on any atom is -0.379 e. The van der Waals surface area contributed by atoms with Crippen molar-refractivity contribution in [2.24, 2.45) is 7.05 Å². The van der Waals surface area contributed by atoms with Crippen LogP contribution in [0.2, 0.25) is 5.02 Å². The molecule has 23 heavy (non-hydrogen) atoms. The van der Waals surface area contributed by atoms with Crippen LogP contribution in [0.15, 0.2) is 12.3 Å². The zero-order valence-corrected chi connectivity index (χ0v) is 13.9. The van der Waals surface area contributed by atoms with Crippen molar-refractivity contribution in [1.29, 1.82) is 5.26 Å². The third-order valence-corrected chi connectivity index (χ3v) is 4.42. The molecule has 8 heteroatoms. The number of hydrogen-bond donors (Lipinski definition) is 0. The van der Waals surface area contributed by atoms with Crippen LogP contribution in [0.25, 0.3) is 0 Å². The molecule has 1 fully saturated rings. The Balaban J connectivity index is 1.91. The number of nitriles is 1. The van der Waals surface area contributed by atoms with E-state index in [9.17, 15) is 0 Å². The van der Waals surface area contributed by atoms with Crippen molar-refractivity contribution < 1.29 is 4.74 Å². The van der Waals surface area contributed by atoms with Crippen LogP contribution < -0.4 is 4.90 Å². The standard InChI is InChI=1S/C15H17ClN6O/c1-9-10(5-17)4-12(16)15(18-9)22-6-11(14(8-22)23-3)13-7-21(2)20-19-13/h4,7,11,14H,6,8H2,1-3H3/t11-,14+/m0/s1. The SMILES string of the molecule is CO[C@@H]1CN(c2nc(C)c(C#N)cc2Cl)C[C@H]1c1cn(C)nn1. The van der Waals surface area contributed by atoms with Gasteiger partial charge in [0.05, 0.1) is 34.0 Å². The Morgan fingerprint density at radius 3 is 2.83 bits per heavy atom. The van der Waals surface area contributed by atoms with E-state index in [1.165, 1.54) is 0 Å². The molecule has 0 spiro atoms. The summed E-state index contributed by atoms with van der Waals surface area (Å²) >= 11 is 6.32. The second-order valence-electron chi connectivity index (χ2n) is 5.64. The summed E-state index contributed by atoms with van der Waals surface area (Å²) in [4.78, 5) is 6.58. The summed E-state index contributed by atoms with van der Waals surface area (Å²) in [5.41, 5.74) is 2.05. The Morgan fingerprint density at radius 2 is 2.22 bits per heavy atom. The Labute approximate surface area is 139 Å². The van der Waals surface area contributed by atoms with Crippen LogP contribution in [0.1, 0.15) is 22.9 Å². The summed E-state index contributed by atoms with van der Waals surface area (Å²) in [6, 6.07) is 3.76. The average molecular weight is 333 g/mol. The average Bonchev–Trinajstić information content (AvgIpc) is 3.14. The maximum Gasteiger partial charge on any atom is 0.147 e. The molecule has 2 aromatic rings. The molecule has 3 heterocycles. The van der Waals surface area contributed by atoms with Crippen LogP contribution in [0.3, 0.4) is 0 Å². The molecule has 3 rings (SSSR count). The maximum atomic E-state index is 9.07. The highest BCUT2D eigenvalue weighted by molar-refractivity contribution is 6.33. The van der Waals surface area contributed by atoms with Gasteiger partial charge in [-0.25, -0.2) is 4.98 Å². The summed E-state index contributed by atoms with van der Waals surface area (Å²) in [5.74, 6) is 0.777. The summed E-state index contributed by atoms with van der Waals surface area (Å²) < 4.78 is 7.29. The van der Waals surface area contributed by atoms with Gasteiger partial charge in [0.25, 0.3) is 0 Å². The van der Waals surface area contributed by atoms with Gasteiger partial charge in [-0.15, -0.1) is 5.10 Å². The normalized spacial score (nSPS) is 20.7. The van der Waals surface area contributed by atoms with Gasteiger partial charge < -0.3 is 9.64 Å². The molecule has 0 aliphatic carbocycles. The lowest BCUT2D eigenvalue weighted by molar-refractivity contribution is 0.105. The van der Waals surface area contributed by atoms with E-state index in [4.69, 9.17) is 21.6 Å². The first-order valence-electron chi connectivity index (χ1n) is 7.24. The quantitative estimate of drug-likeness (QED) is 0.850. The van der Waals surface area contributed by atoms with Crippen LogP contribution in [-0.4, -0.2) is 46.3 Å². The predicted octanol–water partition coefficient (Wildman–Crippen LogP) is 1.66. The van der Waals surface area contributed by atoms with Gasteiger partial charge in [-0.05, 0) is 13.0 Å². The molecular weight excluding hydrogens is 316 g/mol. The van der Waals surface area contributed by atoms with E-state index in [-0.39, 0.29) is 12.0 Å². The predicted molar refractivity (Wildman–Crippen MR) is 85.5 cm³/mol. The van der Waals surface area contributed by atoms with Gasteiger partial charge in [-0.1, -0.05) is 16.8 Å². The Kier molecular flexibility index (Phi) is 4.20. The molecule has 0 bridgehead atoms. The molecule has 0 aromatic carbocycles. The number of pyridine rings is 1. The molecule has 120 valence electrons. The molecular formula is C15H17ClN6O. The lowest BCUT2D eigenvalue weighted by Gasteiger charge is -2.19. The molecule has 0 saturated carbocycles. The molecule has 2 aromatic heterocycles. The van der Waals surface area contributed by atoms with Crippen molar-refractivity contribution in [1.82, 2.24) is 20.0 Å². The van der Waals surface area contributed by atoms with Gasteiger partial charge in [0.2, 0.25) is 0 Å². The van der Waals surface area contributed by atoms with Gasteiger partial charge in [0.15, 0.2) is 0 Å². The van der Waals surface area contributed by atoms with Crippen molar-refractivity contribution in [2.75, 3.05) is 25.1 Å². The van der Waals surface area contributed by atoms with Crippen molar-refractivity contribution in [2.45, 2.75) is 18.9 Å². The number of ether oxygens (including phenoxy) is 1. The smallest absolute Gasteiger partial charge is 0.147 e. The number of methoxy groups -OCH3 is 1. The summed E-state index contributed by atoms with van der Waals surface area (Å²) in [7, 11) is 3.53. The van der Waals surface area contributed by atoms with Crippen LogP contribution >= 0.6 is 11.6 Å². The fraction of sp³-hybridized carbons (Fsp3) is 0.467. The number of hydrogen-bond acceptors (Lipinski definition) is 6. The minimum absolute atomic E-state index is 0.0134. The van der Waals surface area contributed by atoms with Crippen molar-refractivity contribution in [3.63, 3.8) is 0 Å². The maximum absolute atomic E-state index is 9.07. The van der Waals surface area contributed by atoms with Gasteiger partial charge in [0.1, 0.15) is 11.9 Å². The van der Waals surface area contributed by atoms with Gasteiger partial charge in [0, 0.05) is 33.4 Å². The van der Waals surface area contributed by atoms with E-state index in [2.05, 4.69) is 26.3 Å². The van der Waals surface area contributed by atoms with Crippen molar-refractivity contribution in [3.8, 4) is 6.07 Å². The molecule has 0 amide bonds. The second-order valence-corrected chi connectivity index (χ2v) is 6.05. The summed E-state index contributed by atoms with van der Waals surface area (Å²) in [5, 5.41) is 17.7. The van der Waals surface area contributed by atoms with Crippen LogP contribution in [-0.2, 0) is 11.8 Å². The van der Waals surface area contributed by atoms with Crippen LogP contribution in [0, 0.1) is 18.3 Å². The Hall–Kier alpha value is -2.17. The largest absolute Gasteiger partial charge is 0.379 e. The highest BCUT2D eigenvalue weighted by atomic mass is 35.5. The molecule has 0 unspecified atom stereocenters. The van der Waals surface area contributed by atoms with E-state index in [1.807, 2.05) is 20.2 Å². The number of anilines is 1. The van der Waals surface area contributed by atoms with E-state index in [0.29, 0.717) is 35.2 Å². The first kappa shape index (κ1) is 15.7. The molecule has 1 aliphatic heterocycles. The molecule has 0 radical (unpaired) electrons. The van der Waals surface area contributed by atoms with Crippen LogP contribution in [0.5, 0.6) is 0 Å². The fourth-order valence-corrected chi connectivity index (χ4v) is 3.18. The second kappa shape index (κ2) is 6.14. The van der Waals surface area contributed by atoms with E-state index in [0.717, 1.165) is 5.69 Å². The lowest BCUT2D eigenvalue weighted by atomic mass is 10.0. The molecule has 1 aliphatic rings. The van der Waals surface area contributed by atoms with Crippen molar-refractivity contribution >= 4 is 17.4 Å². The van der Waals surface area contributed by atoms with E-state index < -0.39 is 0 Å². The van der Waals surface area contributed by atoms with Gasteiger partial charge >= 0.3 is 0 Å². The molecule has 1 saturated heterocycles. The number of rotatable bonds is 3. The molecule has 0 N–H and O–H groups in total. The number of nitrogens with zero attached hydrogens (tertiary/aromatic N) is 6. The Morgan fingerprint density at radius 1 is 1.43 bits per heavy atom. The van der Waals surface area contributed by atoms with Crippen LogP contribution in [0.4, 0.5) is 5.82 Å². The van der Waals surface area contributed by atoms with E-state index in [1.54, 1.807) is 17.9 Å². The topological polar surface area (TPSA) is 79.9 Å². The third kappa shape index (κ3) is 2.87. The molecule has 7 nitrogen and oxygen atoms in total. The van der Waals surface area contributed by atoms with Gasteiger partial charge in [-0.2, -0.15) is 5.26 Å². The highest BCUT2D eigenvalue weighted by Crippen LogP contribution is 2.34. The van der Waals surface area contributed by atoms with Gasteiger partial charge in [-0.3, -0.25) is 4.68 Å². The highest BCUT2D eigenvalue weighted by Gasteiger charge is 2.37. The first-order valence-corrected chi connectivity index (χ1v) is 7.62. The third-order valence-electron chi connectivity index (χ3n) is 4.14. The minimum atomic E-state index is -0.0134. The number of aryl methyl sites for hydroxylation is 2. The summed E-state index contributed by atoms with van der Waals surface area (Å²) in [6.07, 6.45) is 1.89. The zero-order valence-electron chi connectivity index (χ0n) is 13.2. The fourth-order valence-electron chi connectivity index (χ4n) is 2.91. The Bertz CT molecular complexity index is 768. The van der Waals surface area contributed by atoms with E-state index >= 15 is 0 Å². The monoisotopic (exact) mass is 332 g/mol. The zero-order chi connectivity index (χ0) is 16.6. The van der Waals surface area contributed by atoms with Crippen molar-refractivity contribution in [3.05, 3.63) is 34.2 Å². The number of halogens is 1. The lowest BCUT2D eigenvalue weighted by Crippen LogP contribution is -2.23.